The Morgan fingerprint density at radius 1 is 1.20 bits per heavy atom. The second-order valence-corrected chi connectivity index (χ2v) is 4.36. The van der Waals surface area contributed by atoms with Crippen molar-refractivity contribution in [3.63, 3.8) is 0 Å². The Labute approximate surface area is 118 Å². The lowest BCUT2D eigenvalue weighted by Gasteiger charge is -2.07. The number of nitrogens with one attached hydrogen (secondary N) is 1. The van der Waals surface area contributed by atoms with Crippen molar-refractivity contribution in [3.05, 3.63) is 63.2 Å². The number of benzene rings is 2. The average Bonchev–Trinajstić information content (AvgIpc) is 2.39. The lowest BCUT2D eigenvalue weighted by molar-refractivity contribution is -0.383. The molecule has 0 fully saturated rings. The Hall–Kier alpha value is -2.60. The third kappa shape index (κ3) is 3.04. The molecule has 2 N–H and O–H groups in total. The van der Waals surface area contributed by atoms with E-state index in [-0.39, 0.29) is 16.9 Å². The maximum atomic E-state index is 10.9. The monoisotopic (exact) mass is 292 g/mol. The molecule has 0 amide bonds. The molecule has 102 valence electrons. The maximum Gasteiger partial charge on any atom is 0.335 e. The average molecular weight is 293 g/mol. The van der Waals surface area contributed by atoms with Crippen LogP contribution in [-0.4, -0.2) is 16.0 Å². The predicted octanol–water partition coefficient (Wildman–Crippen LogP) is 3.69. The lowest BCUT2D eigenvalue weighted by atomic mass is 10.2. The molecule has 0 saturated carbocycles. The van der Waals surface area contributed by atoms with Crippen LogP contribution >= 0.6 is 11.6 Å². The largest absolute Gasteiger partial charge is 0.478 e. The molecule has 0 spiro atoms. The molecular formula is C13H9ClN2O4. The number of nitro groups is 1. The summed E-state index contributed by atoms with van der Waals surface area (Å²) in [6, 6.07) is 10.0. The Kier molecular flexibility index (Phi) is 3.86. The number of nitro benzene ring substituents is 1. The van der Waals surface area contributed by atoms with Crippen LogP contribution in [0.4, 0.5) is 17.1 Å². The number of hydrogen-bond donors (Lipinski definition) is 2. The predicted molar refractivity (Wildman–Crippen MR) is 74.8 cm³/mol. The van der Waals surface area contributed by atoms with E-state index in [1.807, 2.05) is 0 Å². The zero-order valence-electron chi connectivity index (χ0n) is 10.0. The first kappa shape index (κ1) is 13.8. The number of carboxylic acid groups (broad SMARTS) is 1. The number of aromatic carboxylic acids is 1. The van der Waals surface area contributed by atoms with Crippen LogP contribution in [-0.2, 0) is 0 Å². The number of anilines is 2. The molecule has 2 aromatic carbocycles. The van der Waals surface area contributed by atoms with Gasteiger partial charge in [0, 0.05) is 16.8 Å². The standard InChI is InChI=1S/C13H9ClN2O4/c14-9-3-6-12(16(19)20)11(7-9)15-10-4-1-8(2-5-10)13(17)18/h1-7,15H,(H,17,18). The van der Waals surface area contributed by atoms with Crippen molar-refractivity contribution in [3.8, 4) is 0 Å². The van der Waals surface area contributed by atoms with Crippen LogP contribution < -0.4 is 5.32 Å². The zero-order chi connectivity index (χ0) is 14.7. The molecule has 0 aromatic heterocycles. The summed E-state index contributed by atoms with van der Waals surface area (Å²) in [7, 11) is 0. The molecule has 20 heavy (non-hydrogen) atoms. The minimum atomic E-state index is -1.04. The quantitative estimate of drug-likeness (QED) is 0.662. The summed E-state index contributed by atoms with van der Waals surface area (Å²) >= 11 is 5.81. The van der Waals surface area contributed by atoms with Crippen LogP contribution in [0.1, 0.15) is 10.4 Å². The summed E-state index contributed by atoms with van der Waals surface area (Å²) in [6.07, 6.45) is 0. The fourth-order valence-electron chi connectivity index (χ4n) is 1.62. The summed E-state index contributed by atoms with van der Waals surface area (Å²) in [5.74, 6) is -1.04. The van der Waals surface area contributed by atoms with E-state index in [4.69, 9.17) is 16.7 Å². The lowest BCUT2D eigenvalue weighted by Crippen LogP contribution is -1.99. The molecule has 0 heterocycles. The van der Waals surface area contributed by atoms with Crippen LogP contribution in [0.15, 0.2) is 42.5 Å². The van der Waals surface area contributed by atoms with Crippen molar-refractivity contribution in [1.82, 2.24) is 0 Å². The second-order valence-electron chi connectivity index (χ2n) is 3.93. The summed E-state index contributed by atoms with van der Waals surface area (Å²) in [6.45, 7) is 0. The van der Waals surface area contributed by atoms with Gasteiger partial charge in [-0.25, -0.2) is 4.79 Å². The van der Waals surface area contributed by atoms with E-state index in [1.165, 1.54) is 42.5 Å². The number of carboxylic acids is 1. The van der Waals surface area contributed by atoms with Crippen molar-refractivity contribution < 1.29 is 14.8 Å². The van der Waals surface area contributed by atoms with Crippen molar-refractivity contribution in [1.29, 1.82) is 0 Å². The van der Waals surface area contributed by atoms with Gasteiger partial charge in [-0.15, -0.1) is 0 Å². The van der Waals surface area contributed by atoms with Gasteiger partial charge in [0.15, 0.2) is 0 Å². The van der Waals surface area contributed by atoms with Gasteiger partial charge in [-0.3, -0.25) is 10.1 Å². The SMILES string of the molecule is O=C(O)c1ccc(Nc2cc(Cl)ccc2[N+](=O)[O-])cc1. The molecule has 0 aliphatic heterocycles. The minimum absolute atomic E-state index is 0.114. The van der Waals surface area contributed by atoms with Crippen molar-refractivity contribution in [2.45, 2.75) is 0 Å². The highest BCUT2D eigenvalue weighted by molar-refractivity contribution is 6.31. The van der Waals surface area contributed by atoms with Crippen LogP contribution in [0, 0.1) is 10.1 Å². The van der Waals surface area contributed by atoms with Gasteiger partial charge in [-0.2, -0.15) is 0 Å². The number of rotatable bonds is 4. The number of nitrogens with zero attached hydrogens (tertiary/aromatic N) is 1. The Bertz CT molecular complexity index is 671. The van der Waals surface area contributed by atoms with Crippen LogP contribution in [0.2, 0.25) is 5.02 Å². The first-order valence-electron chi connectivity index (χ1n) is 5.51. The maximum absolute atomic E-state index is 10.9. The topological polar surface area (TPSA) is 92.5 Å². The van der Waals surface area contributed by atoms with Gasteiger partial charge in [0.05, 0.1) is 10.5 Å². The van der Waals surface area contributed by atoms with Gasteiger partial charge in [0.1, 0.15) is 5.69 Å². The van der Waals surface area contributed by atoms with Gasteiger partial charge in [-0.05, 0) is 36.4 Å². The van der Waals surface area contributed by atoms with Crippen molar-refractivity contribution >= 4 is 34.6 Å². The van der Waals surface area contributed by atoms with E-state index in [0.29, 0.717) is 10.7 Å². The fourth-order valence-corrected chi connectivity index (χ4v) is 1.79. The van der Waals surface area contributed by atoms with Gasteiger partial charge >= 0.3 is 5.97 Å². The molecule has 0 radical (unpaired) electrons. The number of carbonyl (C=O) groups is 1. The Morgan fingerprint density at radius 2 is 1.85 bits per heavy atom. The number of halogens is 1. The first-order valence-corrected chi connectivity index (χ1v) is 5.89. The molecular weight excluding hydrogens is 284 g/mol. The summed E-state index contributed by atoms with van der Waals surface area (Å²) in [4.78, 5) is 21.1. The molecule has 0 atom stereocenters. The first-order chi connectivity index (χ1) is 9.47. The zero-order valence-corrected chi connectivity index (χ0v) is 10.8. The third-order valence-electron chi connectivity index (χ3n) is 2.57. The summed E-state index contributed by atoms with van der Waals surface area (Å²) < 4.78 is 0. The van der Waals surface area contributed by atoms with E-state index in [2.05, 4.69) is 5.32 Å². The van der Waals surface area contributed by atoms with E-state index in [9.17, 15) is 14.9 Å². The molecule has 0 unspecified atom stereocenters. The molecule has 0 aliphatic rings. The Balaban J connectivity index is 2.31. The third-order valence-corrected chi connectivity index (χ3v) is 2.80. The van der Waals surface area contributed by atoms with Gasteiger partial charge in [-0.1, -0.05) is 11.6 Å². The van der Waals surface area contributed by atoms with E-state index < -0.39 is 10.9 Å². The molecule has 0 bridgehead atoms. The van der Waals surface area contributed by atoms with Crippen molar-refractivity contribution in [2.75, 3.05) is 5.32 Å². The summed E-state index contributed by atoms with van der Waals surface area (Å²) in [5.41, 5.74) is 0.791. The van der Waals surface area contributed by atoms with E-state index >= 15 is 0 Å². The minimum Gasteiger partial charge on any atom is -0.478 e. The van der Waals surface area contributed by atoms with Gasteiger partial charge < -0.3 is 10.4 Å². The fraction of sp³-hybridized carbons (Fsp3) is 0. The van der Waals surface area contributed by atoms with Gasteiger partial charge in [0.25, 0.3) is 5.69 Å². The van der Waals surface area contributed by atoms with Crippen LogP contribution in [0.25, 0.3) is 0 Å². The van der Waals surface area contributed by atoms with E-state index in [1.54, 1.807) is 0 Å². The Morgan fingerprint density at radius 3 is 2.40 bits per heavy atom. The van der Waals surface area contributed by atoms with Gasteiger partial charge in [0.2, 0.25) is 0 Å². The highest BCUT2D eigenvalue weighted by Crippen LogP contribution is 2.30. The molecule has 0 aliphatic carbocycles. The molecule has 2 aromatic rings. The normalized spacial score (nSPS) is 10.1. The number of hydrogen-bond acceptors (Lipinski definition) is 4. The molecule has 6 nitrogen and oxygen atoms in total. The molecule has 2 rings (SSSR count). The second kappa shape index (κ2) is 5.58. The molecule has 0 saturated heterocycles. The van der Waals surface area contributed by atoms with Crippen LogP contribution in [0.3, 0.4) is 0 Å². The van der Waals surface area contributed by atoms with Crippen molar-refractivity contribution in [2.24, 2.45) is 0 Å². The summed E-state index contributed by atoms with van der Waals surface area (Å²) in [5, 5.41) is 22.9. The highest BCUT2D eigenvalue weighted by Gasteiger charge is 2.14. The van der Waals surface area contributed by atoms with E-state index in [0.717, 1.165) is 0 Å². The molecule has 7 heteroatoms. The van der Waals surface area contributed by atoms with Crippen LogP contribution in [0.5, 0.6) is 0 Å². The smallest absolute Gasteiger partial charge is 0.335 e. The highest BCUT2D eigenvalue weighted by atomic mass is 35.5.